The number of nitrogens with zero attached hydrogens (tertiary/aromatic N) is 2. The number of fused-ring (bicyclic) bond motifs is 1. The molecule has 1 aromatic carbocycles. The van der Waals surface area contributed by atoms with E-state index >= 15 is 0 Å². The van der Waals surface area contributed by atoms with Gasteiger partial charge < -0.3 is 25.4 Å². The maximum atomic E-state index is 13.4. The minimum atomic E-state index is -1.69. The molecule has 1 fully saturated rings. The van der Waals surface area contributed by atoms with Crippen molar-refractivity contribution in [1.29, 1.82) is 0 Å². The first-order valence-electron chi connectivity index (χ1n) is 9.93. The summed E-state index contributed by atoms with van der Waals surface area (Å²) in [6.07, 6.45) is 1.65. The van der Waals surface area contributed by atoms with Crippen molar-refractivity contribution in [2.24, 2.45) is 0 Å². The van der Waals surface area contributed by atoms with E-state index in [1.165, 1.54) is 11.8 Å². The minimum Gasteiger partial charge on any atom is -0.490 e. The van der Waals surface area contributed by atoms with E-state index in [1.54, 1.807) is 20.0 Å². The second kappa shape index (κ2) is 7.60. The van der Waals surface area contributed by atoms with Crippen LogP contribution in [0.3, 0.4) is 0 Å². The monoisotopic (exact) mass is 436 g/mol. The van der Waals surface area contributed by atoms with Crippen molar-refractivity contribution >= 4 is 23.1 Å². The maximum absolute atomic E-state index is 13.4. The van der Waals surface area contributed by atoms with Gasteiger partial charge in [-0.15, -0.1) is 0 Å². The average molecular weight is 436 g/mol. The maximum Gasteiger partial charge on any atom is 0.277 e. The molecule has 0 bridgehead atoms. The standard InChI is InChI=1S/C21H23F3N4O3/c1-10-19-16(28(3)21(2,30)20(29)27-19)9-17(25-10)26-11-4-5-12(6-11)31-13-7-14(22)18(24)15(23)8-13/h7-9,11-12,30H,4-6H2,1-3H3,(H,25,26)(H,27,29)/t11?,12?,21-/m0/s1. The lowest BCUT2D eigenvalue weighted by Crippen LogP contribution is -2.56. The summed E-state index contributed by atoms with van der Waals surface area (Å²) < 4.78 is 45.5. The van der Waals surface area contributed by atoms with Gasteiger partial charge in [-0.25, -0.2) is 18.2 Å². The smallest absolute Gasteiger partial charge is 0.277 e. The Kier molecular flexibility index (Phi) is 5.20. The molecule has 10 heteroatoms. The molecular weight excluding hydrogens is 413 g/mol. The lowest BCUT2D eigenvalue weighted by Gasteiger charge is -2.40. The number of carbonyl (C=O) groups excluding carboxylic acids is 1. The molecule has 2 aliphatic rings. The topological polar surface area (TPSA) is 86.7 Å². The molecule has 166 valence electrons. The van der Waals surface area contributed by atoms with Crippen molar-refractivity contribution in [3.63, 3.8) is 0 Å². The minimum absolute atomic E-state index is 0.00547. The Labute approximate surface area is 177 Å². The third-order valence-corrected chi connectivity index (χ3v) is 5.86. The molecule has 1 saturated carbocycles. The number of aliphatic hydroxyl groups is 1. The Morgan fingerprint density at radius 3 is 2.61 bits per heavy atom. The largest absolute Gasteiger partial charge is 0.490 e. The van der Waals surface area contributed by atoms with Gasteiger partial charge in [0.15, 0.2) is 17.5 Å². The molecule has 1 aliphatic carbocycles. The van der Waals surface area contributed by atoms with Gasteiger partial charge in [-0.1, -0.05) is 0 Å². The van der Waals surface area contributed by atoms with Crippen LogP contribution in [0, 0.1) is 24.4 Å². The zero-order valence-electron chi connectivity index (χ0n) is 17.3. The molecule has 7 nitrogen and oxygen atoms in total. The van der Waals surface area contributed by atoms with Crippen LogP contribution in [-0.2, 0) is 4.79 Å². The fourth-order valence-electron chi connectivity index (χ4n) is 3.95. The van der Waals surface area contributed by atoms with Crippen LogP contribution in [0.25, 0.3) is 0 Å². The normalized spacial score (nSPS) is 25.3. The predicted octanol–water partition coefficient (Wildman–Crippen LogP) is 3.32. The number of ether oxygens (including phenoxy) is 1. The highest BCUT2D eigenvalue weighted by Crippen LogP contribution is 2.38. The van der Waals surface area contributed by atoms with Crippen LogP contribution in [0.5, 0.6) is 5.75 Å². The van der Waals surface area contributed by atoms with E-state index in [0.29, 0.717) is 35.7 Å². The average Bonchev–Trinajstić information content (AvgIpc) is 3.12. The van der Waals surface area contributed by atoms with Crippen molar-refractivity contribution in [1.82, 2.24) is 4.98 Å². The number of nitrogens with one attached hydrogen (secondary N) is 2. The SMILES string of the molecule is Cc1nc(NC2CCC(Oc3cc(F)c(F)c(F)c3)C2)cc2c1NC(=O)[C@](C)(O)N2C. The number of aromatic nitrogens is 1. The molecule has 1 amide bonds. The van der Waals surface area contributed by atoms with E-state index in [0.717, 1.165) is 18.6 Å². The van der Waals surface area contributed by atoms with Crippen LogP contribution < -0.4 is 20.3 Å². The summed E-state index contributed by atoms with van der Waals surface area (Å²) in [7, 11) is 1.63. The van der Waals surface area contributed by atoms with Gasteiger partial charge in [0.25, 0.3) is 5.91 Å². The lowest BCUT2D eigenvalue weighted by molar-refractivity contribution is -0.132. The Balaban J connectivity index is 1.46. The first-order valence-corrected chi connectivity index (χ1v) is 9.93. The van der Waals surface area contributed by atoms with Gasteiger partial charge in [0.1, 0.15) is 17.7 Å². The second-order valence-electron chi connectivity index (χ2n) is 8.12. The highest BCUT2D eigenvalue weighted by atomic mass is 19.2. The summed E-state index contributed by atoms with van der Waals surface area (Å²) in [4.78, 5) is 18.1. The summed E-state index contributed by atoms with van der Waals surface area (Å²) in [5, 5.41) is 16.4. The van der Waals surface area contributed by atoms with Crippen LogP contribution in [0.4, 0.5) is 30.4 Å². The molecule has 0 spiro atoms. The van der Waals surface area contributed by atoms with E-state index in [1.807, 2.05) is 0 Å². The molecule has 2 unspecified atom stereocenters. The molecule has 1 aliphatic heterocycles. The number of anilines is 3. The number of hydrogen-bond donors (Lipinski definition) is 3. The number of halogens is 3. The predicted molar refractivity (Wildman–Crippen MR) is 109 cm³/mol. The number of likely N-dealkylation sites (N-methyl/N-ethyl adjacent to an activating group) is 1. The summed E-state index contributed by atoms with van der Waals surface area (Å²) >= 11 is 0. The van der Waals surface area contributed by atoms with Crippen LogP contribution in [0.1, 0.15) is 31.9 Å². The summed E-state index contributed by atoms with van der Waals surface area (Å²) in [6, 6.07) is 3.41. The van der Waals surface area contributed by atoms with Crippen molar-refractivity contribution in [2.45, 2.75) is 51.0 Å². The van der Waals surface area contributed by atoms with Gasteiger partial charge in [-0.3, -0.25) is 4.79 Å². The van der Waals surface area contributed by atoms with Gasteiger partial charge in [0.2, 0.25) is 5.72 Å². The fraction of sp³-hybridized carbons (Fsp3) is 0.429. The first-order chi connectivity index (χ1) is 14.6. The van der Waals surface area contributed by atoms with Crippen LogP contribution in [0.2, 0.25) is 0 Å². The number of hydrogen-bond acceptors (Lipinski definition) is 6. The summed E-state index contributed by atoms with van der Waals surface area (Å²) in [5.41, 5.74) is 0.0725. The molecule has 31 heavy (non-hydrogen) atoms. The molecule has 0 saturated heterocycles. The van der Waals surface area contributed by atoms with Crippen molar-refractivity contribution < 1.29 is 27.8 Å². The van der Waals surface area contributed by atoms with Gasteiger partial charge >= 0.3 is 0 Å². The van der Waals surface area contributed by atoms with E-state index in [4.69, 9.17) is 4.74 Å². The molecule has 2 heterocycles. The van der Waals surface area contributed by atoms with Crippen LogP contribution in [0.15, 0.2) is 18.2 Å². The molecule has 3 N–H and O–H groups in total. The number of rotatable bonds is 4. The molecular formula is C21H23F3N4O3. The highest BCUT2D eigenvalue weighted by molar-refractivity contribution is 6.05. The molecule has 3 atom stereocenters. The van der Waals surface area contributed by atoms with E-state index in [9.17, 15) is 23.1 Å². The summed E-state index contributed by atoms with van der Waals surface area (Å²) in [6.45, 7) is 3.17. The number of aryl methyl sites for hydroxylation is 1. The summed E-state index contributed by atoms with van der Waals surface area (Å²) in [5.74, 6) is -4.11. The zero-order chi connectivity index (χ0) is 22.5. The number of amides is 1. The Morgan fingerprint density at radius 1 is 1.26 bits per heavy atom. The lowest BCUT2D eigenvalue weighted by atomic mass is 10.1. The molecule has 2 aromatic rings. The number of pyridine rings is 1. The Hall–Kier alpha value is -3.01. The Bertz CT molecular complexity index is 1020. The van der Waals surface area contributed by atoms with Gasteiger partial charge in [0, 0.05) is 37.7 Å². The van der Waals surface area contributed by atoms with Gasteiger partial charge in [-0.05, 0) is 26.7 Å². The fourth-order valence-corrected chi connectivity index (χ4v) is 3.95. The molecule has 4 rings (SSSR count). The third kappa shape index (κ3) is 3.87. The van der Waals surface area contributed by atoms with Gasteiger partial charge in [0.05, 0.1) is 17.1 Å². The van der Waals surface area contributed by atoms with Crippen molar-refractivity contribution in [3.8, 4) is 5.75 Å². The zero-order valence-corrected chi connectivity index (χ0v) is 17.3. The van der Waals surface area contributed by atoms with E-state index in [2.05, 4.69) is 15.6 Å². The first kappa shape index (κ1) is 21.2. The van der Waals surface area contributed by atoms with Crippen LogP contribution >= 0.6 is 0 Å². The van der Waals surface area contributed by atoms with Gasteiger partial charge in [-0.2, -0.15) is 0 Å². The highest BCUT2D eigenvalue weighted by Gasteiger charge is 2.41. The second-order valence-corrected chi connectivity index (χ2v) is 8.12. The van der Waals surface area contributed by atoms with Crippen molar-refractivity contribution in [3.05, 3.63) is 41.3 Å². The van der Waals surface area contributed by atoms with Crippen molar-refractivity contribution in [2.75, 3.05) is 22.6 Å². The number of benzene rings is 1. The molecule has 0 radical (unpaired) electrons. The quantitative estimate of drug-likeness (QED) is 0.638. The van der Waals surface area contributed by atoms with E-state index < -0.39 is 29.1 Å². The molecule has 1 aromatic heterocycles. The van der Waals surface area contributed by atoms with Crippen LogP contribution in [-0.4, -0.2) is 40.9 Å². The third-order valence-electron chi connectivity index (χ3n) is 5.86. The Morgan fingerprint density at radius 2 is 1.94 bits per heavy atom. The van der Waals surface area contributed by atoms with E-state index in [-0.39, 0.29) is 17.9 Å². The number of carbonyl (C=O) groups is 1.